The van der Waals surface area contributed by atoms with Crippen LogP contribution in [0.25, 0.3) is 5.57 Å². The molecule has 2 heterocycles. The molecule has 6 nitrogen and oxygen atoms in total. The Kier molecular flexibility index (Phi) is 12.4. The number of nitrogens with zero attached hydrogens (tertiary/aromatic N) is 5. The van der Waals surface area contributed by atoms with Crippen molar-refractivity contribution in [1.82, 2.24) is 25.1 Å². The predicted octanol–water partition coefficient (Wildman–Crippen LogP) is 4.95. The van der Waals surface area contributed by atoms with Crippen LogP contribution in [-0.4, -0.2) is 45.5 Å². The van der Waals surface area contributed by atoms with E-state index < -0.39 is 0 Å². The highest BCUT2D eigenvalue weighted by molar-refractivity contribution is 5.75. The highest BCUT2D eigenvalue weighted by Crippen LogP contribution is 2.26. The van der Waals surface area contributed by atoms with E-state index in [0.717, 1.165) is 29.9 Å². The Morgan fingerprint density at radius 3 is 2.38 bits per heavy atom. The van der Waals surface area contributed by atoms with Gasteiger partial charge in [-0.25, -0.2) is 15.0 Å². The quantitative estimate of drug-likeness (QED) is 0.606. The van der Waals surface area contributed by atoms with Crippen molar-refractivity contribution in [3.05, 3.63) is 41.6 Å². The number of H-pyrrole nitrogens is 1. The lowest BCUT2D eigenvalue weighted by atomic mass is 10.1. The van der Waals surface area contributed by atoms with Gasteiger partial charge in [-0.15, -0.1) is 0 Å². The number of allylic oxidation sites excluding steroid dienone is 2. The minimum Gasteiger partial charge on any atom is -0.369 e. The summed E-state index contributed by atoms with van der Waals surface area (Å²) in [6, 6.07) is 0. The van der Waals surface area contributed by atoms with Gasteiger partial charge in [0.15, 0.2) is 5.82 Å². The number of aromatic nitrogens is 4. The van der Waals surface area contributed by atoms with Gasteiger partial charge in [-0.2, -0.15) is 5.10 Å². The summed E-state index contributed by atoms with van der Waals surface area (Å²) in [5, 5.41) is 6.38. The smallest absolute Gasteiger partial charge is 0.164 e. The van der Waals surface area contributed by atoms with E-state index in [1.54, 1.807) is 18.9 Å². The van der Waals surface area contributed by atoms with Gasteiger partial charge in [0, 0.05) is 25.9 Å². The SMILES string of the molecule is CC.CCC/C=C(/C)c1c(C)ncnc1N=CN(C)C.Cc1cn[nH]c1. The lowest BCUT2D eigenvalue weighted by Crippen LogP contribution is -2.07. The second-order valence-corrected chi connectivity index (χ2v) is 5.82. The number of rotatable bonds is 5. The second kappa shape index (κ2) is 13.8. The first-order valence-corrected chi connectivity index (χ1v) is 9.10. The van der Waals surface area contributed by atoms with E-state index in [2.05, 4.69) is 45.1 Å². The second-order valence-electron chi connectivity index (χ2n) is 5.82. The van der Waals surface area contributed by atoms with Gasteiger partial charge in [0.1, 0.15) is 6.33 Å². The van der Waals surface area contributed by atoms with Crippen molar-refractivity contribution in [2.75, 3.05) is 14.1 Å². The lowest BCUT2D eigenvalue weighted by molar-refractivity contribution is 0.643. The van der Waals surface area contributed by atoms with Crippen molar-refractivity contribution in [3.63, 3.8) is 0 Å². The molecular formula is C20H34N6. The molecule has 0 aliphatic rings. The molecule has 2 aromatic heterocycles. The molecule has 144 valence electrons. The summed E-state index contributed by atoms with van der Waals surface area (Å²) < 4.78 is 0. The number of aromatic amines is 1. The summed E-state index contributed by atoms with van der Waals surface area (Å²) in [5.41, 5.74) is 4.39. The molecule has 0 atom stereocenters. The summed E-state index contributed by atoms with van der Waals surface area (Å²) >= 11 is 0. The van der Waals surface area contributed by atoms with Crippen LogP contribution in [0.2, 0.25) is 0 Å². The summed E-state index contributed by atoms with van der Waals surface area (Å²) in [6.45, 7) is 12.2. The molecule has 6 heteroatoms. The topological polar surface area (TPSA) is 70.1 Å². The van der Waals surface area contributed by atoms with E-state index >= 15 is 0 Å². The van der Waals surface area contributed by atoms with Crippen LogP contribution in [0.15, 0.2) is 29.8 Å². The molecule has 0 radical (unpaired) electrons. The van der Waals surface area contributed by atoms with Crippen molar-refractivity contribution in [3.8, 4) is 0 Å². The fourth-order valence-corrected chi connectivity index (χ4v) is 1.97. The minimum atomic E-state index is 0.737. The summed E-state index contributed by atoms with van der Waals surface area (Å²) in [6.07, 6.45) is 11.4. The van der Waals surface area contributed by atoms with E-state index in [9.17, 15) is 0 Å². The summed E-state index contributed by atoms with van der Waals surface area (Å²) in [4.78, 5) is 14.8. The Morgan fingerprint density at radius 1 is 1.23 bits per heavy atom. The van der Waals surface area contributed by atoms with Crippen molar-refractivity contribution in [2.24, 2.45) is 4.99 Å². The molecular weight excluding hydrogens is 324 g/mol. The normalized spacial score (nSPS) is 10.7. The molecule has 0 saturated carbocycles. The van der Waals surface area contributed by atoms with E-state index in [4.69, 9.17) is 0 Å². The zero-order valence-electron chi connectivity index (χ0n) is 17.5. The van der Waals surface area contributed by atoms with Gasteiger partial charge in [-0.3, -0.25) is 5.10 Å². The van der Waals surface area contributed by atoms with Gasteiger partial charge in [0.2, 0.25) is 0 Å². The first kappa shape index (κ1) is 23.5. The number of aryl methyl sites for hydroxylation is 2. The largest absolute Gasteiger partial charge is 0.369 e. The molecule has 2 rings (SSSR count). The summed E-state index contributed by atoms with van der Waals surface area (Å²) in [5.74, 6) is 0.737. The zero-order chi connectivity index (χ0) is 19.9. The van der Waals surface area contributed by atoms with E-state index in [1.807, 2.05) is 52.9 Å². The Balaban J connectivity index is 0.000000648. The minimum absolute atomic E-state index is 0.737. The van der Waals surface area contributed by atoms with Gasteiger partial charge < -0.3 is 4.90 Å². The third-order valence-electron chi connectivity index (χ3n) is 3.20. The highest BCUT2D eigenvalue weighted by atomic mass is 15.1. The maximum absolute atomic E-state index is 4.40. The van der Waals surface area contributed by atoms with Crippen molar-refractivity contribution >= 4 is 17.7 Å². The van der Waals surface area contributed by atoms with E-state index in [1.165, 1.54) is 11.1 Å². The van der Waals surface area contributed by atoms with Crippen molar-refractivity contribution < 1.29 is 0 Å². The molecule has 0 aliphatic carbocycles. The monoisotopic (exact) mass is 358 g/mol. The van der Waals surface area contributed by atoms with Crippen LogP contribution >= 0.6 is 0 Å². The van der Waals surface area contributed by atoms with Gasteiger partial charge in [0.25, 0.3) is 0 Å². The average Bonchev–Trinajstić information content (AvgIpc) is 3.11. The Labute approximate surface area is 158 Å². The maximum atomic E-state index is 4.40. The first-order valence-electron chi connectivity index (χ1n) is 9.10. The molecule has 0 fully saturated rings. The predicted molar refractivity (Wildman–Crippen MR) is 112 cm³/mol. The third-order valence-corrected chi connectivity index (χ3v) is 3.20. The molecule has 0 aliphatic heterocycles. The molecule has 0 unspecified atom stereocenters. The highest BCUT2D eigenvalue weighted by Gasteiger charge is 2.08. The van der Waals surface area contributed by atoms with Crippen molar-refractivity contribution in [2.45, 2.75) is 54.4 Å². The fraction of sp³-hybridized carbons (Fsp3) is 0.500. The van der Waals surface area contributed by atoms with E-state index in [-0.39, 0.29) is 0 Å². The number of unbranched alkanes of at least 4 members (excludes halogenated alkanes) is 1. The molecule has 2 aromatic rings. The van der Waals surface area contributed by atoms with E-state index in [0.29, 0.717) is 0 Å². The van der Waals surface area contributed by atoms with Crippen LogP contribution in [0.4, 0.5) is 5.82 Å². The number of aliphatic imine (C=N–C) groups is 1. The van der Waals surface area contributed by atoms with Crippen LogP contribution in [0.3, 0.4) is 0 Å². The number of hydrogen-bond donors (Lipinski definition) is 1. The molecule has 0 spiro atoms. The van der Waals surface area contributed by atoms with Crippen LogP contribution < -0.4 is 0 Å². The van der Waals surface area contributed by atoms with Gasteiger partial charge in [-0.05, 0) is 38.3 Å². The van der Waals surface area contributed by atoms with Crippen molar-refractivity contribution in [1.29, 1.82) is 0 Å². The maximum Gasteiger partial charge on any atom is 0.164 e. The average molecular weight is 359 g/mol. The van der Waals surface area contributed by atoms with Crippen LogP contribution in [0, 0.1) is 13.8 Å². The Hall–Kier alpha value is -2.50. The van der Waals surface area contributed by atoms with Crippen LogP contribution in [-0.2, 0) is 0 Å². The number of hydrogen-bond acceptors (Lipinski definition) is 4. The first-order chi connectivity index (χ1) is 12.5. The third kappa shape index (κ3) is 9.11. The Morgan fingerprint density at radius 2 is 1.92 bits per heavy atom. The standard InChI is InChI=1S/C14H22N4.C4H6N2.C2H6/c1-6-7-8-11(2)13-12(3)15-9-16-14(13)17-10-18(4)5;1-4-2-5-6-3-4;1-2/h8-10H,6-7H2,1-5H3;2-3H,1H3,(H,5,6);1-2H3/b11-8-,17-10?;;. The molecule has 0 aromatic carbocycles. The summed E-state index contributed by atoms with van der Waals surface area (Å²) in [7, 11) is 3.88. The van der Waals surface area contributed by atoms with Gasteiger partial charge in [-0.1, -0.05) is 33.3 Å². The molecule has 0 amide bonds. The lowest BCUT2D eigenvalue weighted by Gasteiger charge is -2.09. The number of nitrogens with one attached hydrogen (secondary N) is 1. The Bertz CT molecular complexity index is 657. The fourth-order valence-electron chi connectivity index (χ4n) is 1.97. The van der Waals surface area contributed by atoms with Crippen LogP contribution in [0.5, 0.6) is 0 Å². The molecule has 0 bridgehead atoms. The van der Waals surface area contributed by atoms with Crippen LogP contribution in [0.1, 0.15) is 57.4 Å². The van der Waals surface area contributed by atoms with Gasteiger partial charge >= 0.3 is 0 Å². The van der Waals surface area contributed by atoms with Gasteiger partial charge in [0.05, 0.1) is 18.2 Å². The zero-order valence-corrected chi connectivity index (χ0v) is 17.5. The molecule has 1 N–H and O–H groups in total. The molecule has 26 heavy (non-hydrogen) atoms. The molecule has 0 saturated heterocycles.